The summed E-state index contributed by atoms with van der Waals surface area (Å²) in [6, 6.07) is 3.36. The van der Waals surface area contributed by atoms with Crippen molar-refractivity contribution in [3.8, 4) is 0 Å². The summed E-state index contributed by atoms with van der Waals surface area (Å²) in [7, 11) is 0. The first-order valence-corrected chi connectivity index (χ1v) is 8.71. The van der Waals surface area contributed by atoms with Gasteiger partial charge in [-0.1, -0.05) is 5.16 Å². The van der Waals surface area contributed by atoms with E-state index in [-0.39, 0.29) is 11.9 Å². The number of rotatable bonds is 4. The van der Waals surface area contributed by atoms with Crippen LogP contribution >= 0.6 is 11.3 Å². The number of alkyl halides is 3. The number of hydrogen-bond acceptors (Lipinski definition) is 7. The van der Waals surface area contributed by atoms with Gasteiger partial charge in [-0.25, -0.2) is 4.79 Å². The molecule has 1 saturated heterocycles. The van der Waals surface area contributed by atoms with Crippen molar-refractivity contribution in [3.63, 3.8) is 0 Å². The molecule has 0 aromatic carbocycles. The van der Waals surface area contributed by atoms with Gasteiger partial charge in [0.1, 0.15) is 0 Å². The lowest BCUT2D eigenvalue weighted by molar-refractivity contribution is -0.147. The van der Waals surface area contributed by atoms with Crippen molar-refractivity contribution in [2.45, 2.75) is 19.5 Å². The van der Waals surface area contributed by atoms with Gasteiger partial charge in [-0.15, -0.1) is 11.3 Å². The van der Waals surface area contributed by atoms with Crippen molar-refractivity contribution in [2.24, 2.45) is 11.1 Å². The third-order valence-corrected chi connectivity index (χ3v) is 5.08. The molecule has 140 valence electrons. The quantitative estimate of drug-likeness (QED) is 0.451. The highest BCUT2D eigenvalue weighted by Gasteiger charge is 2.45. The lowest BCUT2D eigenvalue weighted by Crippen LogP contribution is -2.24. The summed E-state index contributed by atoms with van der Waals surface area (Å²) >= 11 is 1.23. The molecule has 3 heterocycles. The predicted octanol–water partition coefficient (Wildman–Crippen LogP) is 3.00. The number of carbonyl (C=O) groups is 2. The lowest BCUT2D eigenvalue weighted by Gasteiger charge is -2.15. The number of nitrogens with zero attached hydrogens (tertiary/aromatic N) is 2. The van der Waals surface area contributed by atoms with E-state index in [1.165, 1.54) is 11.3 Å². The number of esters is 1. The van der Waals surface area contributed by atoms with Crippen molar-refractivity contribution in [1.29, 1.82) is 0 Å². The van der Waals surface area contributed by atoms with Crippen LogP contribution in [-0.4, -0.2) is 43.5 Å². The lowest BCUT2D eigenvalue weighted by atomic mass is 10.1. The fourth-order valence-corrected chi connectivity index (χ4v) is 3.74. The standard InChI is InChI=1S/C16H15F3N2O4S/c1-2-24-14(22)9-5-6-21(8-9)12-4-3-10(26-12)7-11-13(16(17,18)19)20-25-15(11)23/h3-4,7,9H,2,5-6,8H2,1H3/b11-7-. The summed E-state index contributed by atoms with van der Waals surface area (Å²) in [4.78, 5) is 29.9. The van der Waals surface area contributed by atoms with Crippen LogP contribution in [0.25, 0.3) is 6.08 Å². The Hall–Kier alpha value is -2.36. The Bertz CT molecular complexity index is 785. The molecule has 0 bridgehead atoms. The van der Waals surface area contributed by atoms with Crippen molar-refractivity contribution in [2.75, 3.05) is 24.6 Å². The monoisotopic (exact) mass is 388 g/mol. The molecule has 1 unspecified atom stereocenters. The van der Waals surface area contributed by atoms with E-state index in [1.807, 2.05) is 4.90 Å². The van der Waals surface area contributed by atoms with E-state index in [2.05, 4.69) is 9.99 Å². The van der Waals surface area contributed by atoms with Crippen LogP contribution < -0.4 is 4.90 Å². The molecule has 0 spiro atoms. The Labute approximate surface area is 150 Å². The van der Waals surface area contributed by atoms with Crippen LogP contribution in [0.5, 0.6) is 0 Å². The zero-order valence-corrected chi connectivity index (χ0v) is 14.5. The average molecular weight is 388 g/mol. The summed E-state index contributed by atoms with van der Waals surface area (Å²) in [5.41, 5.74) is -1.95. The van der Waals surface area contributed by atoms with Crippen LogP contribution in [0.2, 0.25) is 0 Å². The maximum Gasteiger partial charge on any atom is 0.437 e. The number of halogens is 3. The van der Waals surface area contributed by atoms with Gasteiger partial charge >= 0.3 is 18.1 Å². The van der Waals surface area contributed by atoms with E-state index in [0.717, 1.165) is 11.1 Å². The molecule has 0 aliphatic carbocycles. The van der Waals surface area contributed by atoms with E-state index >= 15 is 0 Å². The predicted molar refractivity (Wildman–Crippen MR) is 88.8 cm³/mol. The minimum atomic E-state index is -4.76. The first-order valence-electron chi connectivity index (χ1n) is 7.89. The summed E-state index contributed by atoms with van der Waals surface area (Å²) in [6.45, 7) is 3.21. The first kappa shape index (κ1) is 18.4. The van der Waals surface area contributed by atoms with E-state index in [0.29, 0.717) is 31.0 Å². The molecule has 0 radical (unpaired) electrons. The zero-order chi connectivity index (χ0) is 18.9. The Morgan fingerprint density at radius 3 is 2.96 bits per heavy atom. The number of thiophene rings is 1. The number of oxime groups is 1. The maximum atomic E-state index is 12.9. The highest BCUT2D eigenvalue weighted by molar-refractivity contribution is 7.17. The largest absolute Gasteiger partial charge is 0.466 e. The van der Waals surface area contributed by atoms with Crippen molar-refractivity contribution in [1.82, 2.24) is 0 Å². The van der Waals surface area contributed by atoms with E-state index in [4.69, 9.17) is 4.74 Å². The Kier molecular flexibility index (Phi) is 5.03. The van der Waals surface area contributed by atoms with Gasteiger partial charge in [-0.2, -0.15) is 13.2 Å². The second-order valence-corrected chi connectivity index (χ2v) is 6.83. The normalized spacial score (nSPS) is 21.9. The van der Waals surface area contributed by atoms with Crippen LogP contribution in [-0.2, 0) is 19.2 Å². The van der Waals surface area contributed by atoms with Gasteiger partial charge in [-0.3, -0.25) is 4.79 Å². The first-order chi connectivity index (χ1) is 12.3. The highest BCUT2D eigenvalue weighted by atomic mass is 32.1. The molecule has 0 saturated carbocycles. The van der Waals surface area contributed by atoms with Crippen LogP contribution in [0.4, 0.5) is 18.2 Å². The van der Waals surface area contributed by atoms with E-state index in [9.17, 15) is 22.8 Å². The average Bonchev–Trinajstić information content (AvgIpc) is 3.28. The molecule has 6 nitrogen and oxygen atoms in total. The fraction of sp³-hybridized carbons (Fsp3) is 0.438. The molecule has 1 atom stereocenters. The van der Waals surface area contributed by atoms with Crippen molar-refractivity contribution < 1.29 is 32.3 Å². The molecular weight excluding hydrogens is 373 g/mol. The molecule has 1 aromatic rings. The molecule has 26 heavy (non-hydrogen) atoms. The number of hydrogen-bond donors (Lipinski definition) is 0. The van der Waals surface area contributed by atoms with Crippen molar-refractivity contribution in [3.05, 3.63) is 22.6 Å². The smallest absolute Gasteiger partial charge is 0.437 e. The van der Waals surface area contributed by atoms with Crippen LogP contribution in [0.1, 0.15) is 18.2 Å². The maximum absolute atomic E-state index is 12.9. The molecule has 10 heteroatoms. The third kappa shape index (κ3) is 3.74. The molecule has 1 aromatic heterocycles. The summed E-state index contributed by atoms with van der Waals surface area (Å²) in [6.07, 6.45) is -2.99. The van der Waals surface area contributed by atoms with Crippen LogP contribution in [0.15, 0.2) is 22.9 Å². The second kappa shape index (κ2) is 7.10. The van der Waals surface area contributed by atoms with Crippen molar-refractivity contribution >= 4 is 40.1 Å². The van der Waals surface area contributed by atoms with Crippen LogP contribution in [0.3, 0.4) is 0 Å². The highest BCUT2D eigenvalue weighted by Crippen LogP contribution is 2.34. The topological polar surface area (TPSA) is 68.2 Å². The zero-order valence-electron chi connectivity index (χ0n) is 13.7. The molecule has 1 fully saturated rings. The Balaban J connectivity index is 1.74. The number of anilines is 1. The van der Waals surface area contributed by atoms with Gasteiger partial charge in [0.2, 0.25) is 0 Å². The van der Waals surface area contributed by atoms with Gasteiger partial charge in [0.25, 0.3) is 0 Å². The number of ether oxygens (including phenoxy) is 1. The molecule has 2 aliphatic heterocycles. The Morgan fingerprint density at radius 2 is 2.27 bits per heavy atom. The fourth-order valence-electron chi connectivity index (χ4n) is 2.76. The molecule has 3 rings (SSSR count). The van der Waals surface area contributed by atoms with Gasteiger partial charge in [0.05, 0.1) is 23.1 Å². The minimum Gasteiger partial charge on any atom is -0.466 e. The number of carbonyl (C=O) groups excluding carboxylic acids is 2. The Morgan fingerprint density at radius 1 is 1.50 bits per heavy atom. The molecule has 0 amide bonds. The SMILES string of the molecule is CCOC(=O)C1CCN(c2ccc(/C=C3\C(=O)ON=C3C(F)(F)F)s2)C1. The third-order valence-electron chi connectivity index (χ3n) is 3.98. The van der Waals surface area contributed by atoms with E-state index < -0.39 is 23.4 Å². The summed E-state index contributed by atoms with van der Waals surface area (Å²) in [5, 5.41) is 3.62. The van der Waals surface area contributed by atoms with E-state index in [1.54, 1.807) is 19.1 Å². The second-order valence-electron chi connectivity index (χ2n) is 5.73. The van der Waals surface area contributed by atoms with Crippen LogP contribution in [0, 0.1) is 5.92 Å². The molecule has 0 N–H and O–H groups in total. The molecular formula is C16H15F3N2O4S. The minimum absolute atomic E-state index is 0.215. The van der Waals surface area contributed by atoms with Gasteiger partial charge in [0.15, 0.2) is 5.71 Å². The summed E-state index contributed by atoms with van der Waals surface area (Å²) in [5.74, 6) is -1.59. The molecule has 2 aliphatic rings. The van der Waals surface area contributed by atoms with Gasteiger partial charge in [-0.05, 0) is 31.6 Å². The van der Waals surface area contributed by atoms with Gasteiger partial charge < -0.3 is 14.5 Å². The van der Waals surface area contributed by atoms with Gasteiger partial charge in [0, 0.05) is 18.0 Å². The summed E-state index contributed by atoms with van der Waals surface area (Å²) < 4.78 is 43.6.